The van der Waals surface area contributed by atoms with E-state index in [-0.39, 0.29) is 22.9 Å². The maximum Gasteiger partial charge on any atom is 0.294 e. The maximum atomic E-state index is 11.6. The highest BCUT2D eigenvalue weighted by Gasteiger charge is 2.14. The molecule has 0 atom stereocenters. The van der Waals surface area contributed by atoms with Crippen molar-refractivity contribution >= 4 is 28.6 Å². The van der Waals surface area contributed by atoms with Gasteiger partial charge in [-0.1, -0.05) is 12.1 Å². The maximum absolute atomic E-state index is 11.6. The zero-order chi connectivity index (χ0) is 16.0. The minimum Gasteiger partial charge on any atom is -0.303 e. The molecule has 0 saturated heterocycles. The van der Waals surface area contributed by atoms with Gasteiger partial charge >= 0.3 is 0 Å². The van der Waals surface area contributed by atoms with E-state index in [0.29, 0.717) is 5.71 Å². The van der Waals surface area contributed by atoms with E-state index in [1.165, 1.54) is 19.1 Å². The Bertz CT molecular complexity index is 608. The predicted molar refractivity (Wildman–Crippen MR) is 81.6 cm³/mol. The number of hydrazone groups is 2. The van der Waals surface area contributed by atoms with Crippen LogP contribution in [-0.4, -0.2) is 41.2 Å². The molecule has 0 aromatic heterocycles. The van der Waals surface area contributed by atoms with Gasteiger partial charge in [-0.3, -0.25) is 20.3 Å². The molecular weight excluding hydrogens is 274 g/mol. The van der Waals surface area contributed by atoms with Crippen LogP contribution in [0.5, 0.6) is 0 Å². The summed E-state index contributed by atoms with van der Waals surface area (Å²) in [6.07, 6.45) is 0. The summed E-state index contributed by atoms with van der Waals surface area (Å²) in [6, 6.07) is 6.06. The second-order valence-corrected chi connectivity index (χ2v) is 4.44. The first-order chi connectivity index (χ1) is 9.82. The average molecular weight is 291 g/mol. The number of carbonyl (C=O) groups is 1. The third-order valence-electron chi connectivity index (χ3n) is 2.42. The standard InChI is InChI=1S/C13H17N5O3/c1-9(16-17(3)4)13(10(2)19)15-14-11-7-5-6-8-12(11)18(20)21/h5-8,14H,1-4H3/b15-13+,16-9-. The van der Waals surface area contributed by atoms with E-state index in [1.807, 2.05) is 0 Å². The number of nitro benzene ring substituents is 1. The number of nitrogens with one attached hydrogen (secondary N) is 1. The van der Waals surface area contributed by atoms with Gasteiger partial charge in [0.25, 0.3) is 5.69 Å². The van der Waals surface area contributed by atoms with Gasteiger partial charge in [0.2, 0.25) is 0 Å². The molecule has 112 valence electrons. The largest absolute Gasteiger partial charge is 0.303 e. The number of Topliss-reactive ketones (excluding diaryl/α,β-unsaturated/α-hetero) is 1. The zero-order valence-electron chi connectivity index (χ0n) is 12.3. The Morgan fingerprint density at radius 3 is 2.43 bits per heavy atom. The molecule has 0 radical (unpaired) electrons. The highest BCUT2D eigenvalue weighted by atomic mass is 16.6. The number of ketones is 1. The van der Waals surface area contributed by atoms with E-state index in [2.05, 4.69) is 15.6 Å². The molecule has 1 rings (SSSR count). The molecule has 0 amide bonds. The Kier molecular flexibility index (Phi) is 5.53. The van der Waals surface area contributed by atoms with Crippen molar-refractivity contribution in [2.45, 2.75) is 13.8 Å². The highest BCUT2D eigenvalue weighted by Crippen LogP contribution is 2.23. The molecule has 8 nitrogen and oxygen atoms in total. The van der Waals surface area contributed by atoms with Gasteiger partial charge in [-0.25, -0.2) is 0 Å². The number of para-hydroxylation sites is 2. The fraction of sp³-hybridized carbons (Fsp3) is 0.308. The van der Waals surface area contributed by atoms with Gasteiger partial charge in [-0.2, -0.15) is 10.2 Å². The average Bonchev–Trinajstić information content (AvgIpc) is 2.37. The van der Waals surface area contributed by atoms with Crippen molar-refractivity contribution in [3.8, 4) is 0 Å². The topological polar surface area (TPSA) is 100 Å². The SMILES string of the molecule is CC(=O)C(=N/Nc1ccccc1[N+](=O)[O-])/C(C)=N\N(C)C. The third-order valence-corrected chi connectivity index (χ3v) is 2.42. The third kappa shape index (κ3) is 4.68. The fourth-order valence-electron chi connectivity index (χ4n) is 1.61. The second-order valence-electron chi connectivity index (χ2n) is 4.44. The Morgan fingerprint density at radius 1 is 1.29 bits per heavy atom. The molecule has 0 aliphatic carbocycles. The molecule has 0 saturated carbocycles. The molecule has 21 heavy (non-hydrogen) atoms. The summed E-state index contributed by atoms with van der Waals surface area (Å²) in [7, 11) is 3.44. The number of benzene rings is 1. The molecule has 8 heteroatoms. The number of carbonyl (C=O) groups excluding carboxylic acids is 1. The van der Waals surface area contributed by atoms with Crippen LogP contribution in [0.4, 0.5) is 11.4 Å². The van der Waals surface area contributed by atoms with Crippen molar-refractivity contribution in [1.82, 2.24) is 5.01 Å². The number of hydrogen-bond donors (Lipinski definition) is 1. The zero-order valence-corrected chi connectivity index (χ0v) is 12.3. The summed E-state index contributed by atoms with van der Waals surface area (Å²) in [4.78, 5) is 22.0. The summed E-state index contributed by atoms with van der Waals surface area (Å²) in [5.41, 5.74) is 3.17. The molecule has 0 fully saturated rings. The van der Waals surface area contributed by atoms with Gasteiger partial charge in [-0.15, -0.1) is 0 Å². The van der Waals surface area contributed by atoms with Crippen LogP contribution >= 0.6 is 0 Å². The van der Waals surface area contributed by atoms with Crippen molar-refractivity contribution in [2.75, 3.05) is 19.5 Å². The lowest BCUT2D eigenvalue weighted by Crippen LogP contribution is -2.23. The van der Waals surface area contributed by atoms with Gasteiger partial charge in [0.05, 0.1) is 10.6 Å². The molecule has 1 aromatic carbocycles. The first-order valence-corrected chi connectivity index (χ1v) is 6.14. The molecule has 0 bridgehead atoms. The molecule has 1 aromatic rings. The molecule has 1 N–H and O–H groups in total. The van der Waals surface area contributed by atoms with Gasteiger partial charge in [-0.05, 0) is 13.0 Å². The summed E-state index contributed by atoms with van der Waals surface area (Å²) < 4.78 is 0. The van der Waals surface area contributed by atoms with Crippen LogP contribution in [0.1, 0.15) is 13.8 Å². The summed E-state index contributed by atoms with van der Waals surface area (Å²) >= 11 is 0. The smallest absolute Gasteiger partial charge is 0.294 e. The van der Waals surface area contributed by atoms with Gasteiger partial charge in [0.15, 0.2) is 5.78 Å². The number of nitro groups is 1. The monoisotopic (exact) mass is 291 g/mol. The minimum absolute atomic E-state index is 0.113. The van der Waals surface area contributed by atoms with Crippen LogP contribution < -0.4 is 5.43 Å². The van der Waals surface area contributed by atoms with Gasteiger partial charge in [0.1, 0.15) is 11.4 Å². The lowest BCUT2D eigenvalue weighted by Gasteiger charge is -2.08. The number of anilines is 1. The number of hydrogen-bond acceptors (Lipinski definition) is 7. The van der Waals surface area contributed by atoms with Crippen LogP contribution in [-0.2, 0) is 4.79 Å². The molecule has 0 spiro atoms. The predicted octanol–water partition coefficient (Wildman–Crippen LogP) is 1.89. The van der Waals surface area contributed by atoms with E-state index in [1.54, 1.807) is 38.2 Å². The van der Waals surface area contributed by atoms with Gasteiger partial charge < -0.3 is 5.01 Å². The van der Waals surface area contributed by atoms with Crippen molar-refractivity contribution in [3.05, 3.63) is 34.4 Å². The molecule has 0 unspecified atom stereocenters. The minimum atomic E-state index is -0.522. The van der Waals surface area contributed by atoms with Crippen molar-refractivity contribution in [3.63, 3.8) is 0 Å². The van der Waals surface area contributed by atoms with Crippen LogP contribution in [0.25, 0.3) is 0 Å². The van der Waals surface area contributed by atoms with Crippen molar-refractivity contribution in [2.24, 2.45) is 10.2 Å². The first kappa shape index (κ1) is 16.3. The number of rotatable bonds is 6. The summed E-state index contributed by atoms with van der Waals surface area (Å²) in [6.45, 7) is 3.00. The van der Waals surface area contributed by atoms with E-state index < -0.39 is 4.92 Å². The van der Waals surface area contributed by atoms with E-state index in [4.69, 9.17) is 0 Å². The Hall–Kier alpha value is -2.77. The molecular formula is C13H17N5O3. The molecule has 0 aliphatic heterocycles. The number of nitrogens with zero attached hydrogens (tertiary/aromatic N) is 4. The lowest BCUT2D eigenvalue weighted by molar-refractivity contribution is -0.384. The summed E-state index contributed by atoms with van der Waals surface area (Å²) in [5.74, 6) is -0.288. The van der Waals surface area contributed by atoms with E-state index in [9.17, 15) is 14.9 Å². The van der Waals surface area contributed by atoms with Gasteiger partial charge in [0, 0.05) is 27.1 Å². The van der Waals surface area contributed by atoms with Crippen LogP contribution in [0.2, 0.25) is 0 Å². The van der Waals surface area contributed by atoms with Crippen LogP contribution in [0.3, 0.4) is 0 Å². The van der Waals surface area contributed by atoms with Crippen molar-refractivity contribution < 1.29 is 9.72 Å². The second kappa shape index (κ2) is 7.13. The van der Waals surface area contributed by atoms with E-state index in [0.717, 1.165) is 0 Å². The Balaban J connectivity index is 3.10. The van der Waals surface area contributed by atoms with Crippen LogP contribution in [0, 0.1) is 10.1 Å². The normalized spacial score (nSPS) is 12.0. The first-order valence-electron chi connectivity index (χ1n) is 6.14. The quantitative estimate of drug-likeness (QED) is 0.490. The van der Waals surface area contributed by atoms with E-state index >= 15 is 0 Å². The molecule has 0 heterocycles. The Morgan fingerprint density at radius 2 is 1.90 bits per heavy atom. The Labute approximate surface area is 122 Å². The summed E-state index contributed by atoms with van der Waals surface area (Å²) in [5, 5.41) is 20.5. The highest BCUT2D eigenvalue weighted by molar-refractivity contribution is 6.66. The van der Waals surface area contributed by atoms with Crippen molar-refractivity contribution in [1.29, 1.82) is 0 Å². The molecule has 0 aliphatic rings. The fourth-order valence-corrected chi connectivity index (χ4v) is 1.61. The lowest BCUT2D eigenvalue weighted by atomic mass is 10.2. The van der Waals surface area contributed by atoms with Crippen LogP contribution in [0.15, 0.2) is 34.5 Å².